The summed E-state index contributed by atoms with van der Waals surface area (Å²) in [6.45, 7) is 3.86. The van der Waals surface area contributed by atoms with Crippen LogP contribution in [-0.4, -0.2) is 17.1 Å². The lowest BCUT2D eigenvalue weighted by atomic mass is 10.3. The molecular weight excluding hydrogens is 222 g/mol. The van der Waals surface area contributed by atoms with Crippen molar-refractivity contribution in [1.29, 1.82) is 0 Å². The molecule has 16 heavy (non-hydrogen) atoms. The largest absolute Gasteiger partial charge is 0.457 e. The monoisotopic (exact) mass is 235 g/mol. The Morgan fingerprint density at radius 2 is 2.25 bits per heavy atom. The Kier molecular flexibility index (Phi) is 3.19. The normalized spacial score (nSPS) is 12.6. The maximum atomic E-state index is 11.7. The molecule has 0 spiro atoms. The summed E-state index contributed by atoms with van der Waals surface area (Å²) in [5, 5.41) is 0.432. The third-order valence-electron chi connectivity index (χ3n) is 2.35. The molecule has 1 heterocycles. The molecule has 2 rings (SSSR count). The van der Waals surface area contributed by atoms with Crippen molar-refractivity contribution in [3.05, 3.63) is 29.3 Å². The Hall–Kier alpha value is -1.42. The Morgan fingerprint density at radius 1 is 1.50 bits per heavy atom. The molecule has 3 nitrogen and oxygen atoms in total. The number of ether oxygens (including phenoxy) is 1. The second-order valence-corrected chi connectivity index (χ2v) is 4.64. The summed E-state index contributed by atoms with van der Waals surface area (Å²) < 4.78 is 6.24. The zero-order valence-electron chi connectivity index (χ0n) is 9.27. The van der Waals surface area contributed by atoms with Crippen LogP contribution in [-0.2, 0) is 4.74 Å². The molecule has 0 aliphatic rings. The molecule has 0 bridgehead atoms. The van der Waals surface area contributed by atoms with Gasteiger partial charge in [0.15, 0.2) is 0 Å². The van der Waals surface area contributed by atoms with Crippen molar-refractivity contribution in [2.24, 2.45) is 0 Å². The van der Waals surface area contributed by atoms with Crippen LogP contribution in [0.25, 0.3) is 10.2 Å². The summed E-state index contributed by atoms with van der Waals surface area (Å²) in [6, 6.07) is 7.69. The van der Waals surface area contributed by atoms with E-state index in [1.54, 1.807) is 0 Å². The number of carbonyl (C=O) groups is 1. The minimum Gasteiger partial charge on any atom is -0.457 e. The van der Waals surface area contributed by atoms with Gasteiger partial charge < -0.3 is 4.74 Å². The van der Waals surface area contributed by atoms with E-state index in [4.69, 9.17) is 4.74 Å². The van der Waals surface area contributed by atoms with Crippen molar-refractivity contribution in [3.63, 3.8) is 0 Å². The van der Waals surface area contributed by atoms with E-state index < -0.39 is 0 Å². The number of thiazole rings is 1. The number of benzene rings is 1. The first kappa shape index (κ1) is 11.1. The van der Waals surface area contributed by atoms with E-state index in [0.717, 1.165) is 16.6 Å². The van der Waals surface area contributed by atoms with Crippen LogP contribution < -0.4 is 0 Å². The van der Waals surface area contributed by atoms with Crippen molar-refractivity contribution < 1.29 is 9.53 Å². The predicted octanol–water partition coefficient (Wildman–Crippen LogP) is 3.25. The number of rotatable bonds is 3. The average Bonchev–Trinajstić information content (AvgIpc) is 2.72. The third kappa shape index (κ3) is 2.22. The van der Waals surface area contributed by atoms with Crippen molar-refractivity contribution in [3.8, 4) is 0 Å². The molecule has 1 aromatic carbocycles. The van der Waals surface area contributed by atoms with Gasteiger partial charge in [0, 0.05) is 0 Å². The van der Waals surface area contributed by atoms with Gasteiger partial charge in [-0.25, -0.2) is 9.78 Å². The van der Waals surface area contributed by atoms with Crippen molar-refractivity contribution >= 4 is 27.5 Å². The summed E-state index contributed by atoms with van der Waals surface area (Å²) in [6.07, 6.45) is 0.760. The summed E-state index contributed by atoms with van der Waals surface area (Å²) in [4.78, 5) is 16.0. The lowest BCUT2D eigenvalue weighted by Gasteiger charge is -2.08. The van der Waals surface area contributed by atoms with Gasteiger partial charge in [-0.05, 0) is 25.5 Å². The topological polar surface area (TPSA) is 39.2 Å². The third-order valence-corrected chi connectivity index (χ3v) is 3.37. The number of para-hydroxylation sites is 1. The molecule has 0 fully saturated rings. The fourth-order valence-corrected chi connectivity index (χ4v) is 2.12. The van der Waals surface area contributed by atoms with Crippen LogP contribution >= 0.6 is 11.3 Å². The average molecular weight is 235 g/mol. The zero-order valence-corrected chi connectivity index (χ0v) is 10.1. The van der Waals surface area contributed by atoms with E-state index in [1.807, 2.05) is 38.1 Å². The number of hydrogen-bond donors (Lipinski definition) is 0. The van der Waals surface area contributed by atoms with Gasteiger partial charge in [-0.15, -0.1) is 11.3 Å². The fraction of sp³-hybridized carbons (Fsp3) is 0.333. The number of fused-ring (bicyclic) bond motifs is 1. The van der Waals surface area contributed by atoms with Crippen molar-refractivity contribution in [2.45, 2.75) is 26.4 Å². The Morgan fingerprint density at radius 3 is 2.94 bits per heavy atom. The second kappa shape index (κ2) is 4.61. The molecule has 1 aromatic heterocycles. The highest BCUT2D eigenvalue weighted by Crippen LogP contribution is 2.22. The Balaban J connectivity index is 2.23. The number of carbonyl (C=O) groups excluding carboxylic acids is 1. The molecule has 0 radical (unpaired) electrons. The minimum atomic E-state index is -0.324. The van der Waals surface area contributed by atoms with Gasteiger partial charge in [0.25, 0.3) is 0 Å². The molecule has 1 atom stereocenters. The lowest BCUT2D eigenvalue weighted by molar-refractivity contribution is 0.0334. The highest BCUT2D eigenvalue weighted by molar-refractivity contribution is 7.20. The highest BCUT2D eigenvalue weighted by Gasteiger charge is 2.15. The molecule has 0 aliphatic heterocycles. The molecule has 1 unspecified atom stereocenters. The van der Waals surface area contributed by atoms with E-state index >= 15 is 0 Å². The summed E-state index contributed by atoms with van der Waals surface area (Å²) >= 11 is 1.37. The molecule has 0 aliphatic carbocycles. The lowest BCUT2D eigenvalue weighted by Crippen LogP contribution is -2.13. The van der Waals surface area contributed by atoms with E-state index in [2.05, 4.69) is 4.98 Å². The number of aromatic nitrogens is 1. The molecule has 0 amide bonds. The minimum absolute atomic E-state index is 0.0560. The quantitative estimate of drug-likeness (QED) is 0.766. The standard InChI is InChI=1S/C12H13NO2S/c1-3-8(2)15-12(14)11-13-9-6-4-5-7-10(9)16-11/h4-8H,3H2,1-2H3. The summed E-state index contributed by atoms with van der Waals surface area (Å²) in [5.41, 5.74) is 0.851. The van der Waals surface area contributed by atoms with Crippen LogP contribution in [0.15, 0.2) is 24.3 Å². The first-order valence-electron chi connectivity index (χ1n) is 5.27. The van der Waals surface area contributed by atoms with E-state index in [9.17, 15) is 4.79 Å². The number of nitrogens with zero attached hydrogens (tertiary/aromatic N) is 1. The second-order valence-electron chi connectivity index (χ2n) is 3.61. The molecule has 2 aromatic rings. The van der Waals surface area contributed by atoms with E-state index in [0.29, 0.717) is 5.01 Å². The maximum Gasteiger partial charge on any atom is 0.367 e. The summed E-state index contributed by atoms with van der Waals surface area (Å²) in [7, 11) is 0. The Labute approximate surface area is 98.1 Å². The highest BCUT2D eigenvalue weighted by atomic mass is 32.1. The van der Waals surface area contributed by atoms with Crippen LogP contribution in [0.1, 0.15) is 30.1 Å². The SMILES string of the molecule is CCC(C)OC(=O)c1nc2ccccc2s1. The van der Waals surface area contributed by atoms with Gasteiger partial charge >= 0.3 is 5.97 Å². The molecule has 4 heteroatoms. The number of hydrogen-bond acceptors (Lipinski definition) is 4. The van der Waals surface area contributed by atoms with E-state index in [1.165, 1.54) is 11.3 Å². The van der Waals surface area contributed by atoms with Crippen LogP contribution in [0, 0.1) is 0 Å². The summed E-state index contributed by atoms with van der Waals surface area (Å²) in [5.74, 6) is -0.324. The molecule has 84 valence electrons. The van der Waals surface area contributed by atoms with Crippen LogP contribution in [0.5, 0.6) is 0 Å². The van der Waals surface area contributed by atoms with Crippen LogP contribution in [0.3, 0.4) is 0 Å². The molecule has 0 N–H and O–H groups in total. The molecular formula is C12H13NO2S. The van der Waals surface area contributed by atoms with E-state index in [-0.39, 0.29) is 12.1 Å². The van der Waals surface area contributed by atoms with Crippen LogP contribution in [0.2, 0.25) is 0 Å². The van der Waals surface area contributed by atoms with Crippen molar-refractivity contribution in [2.75, 3.05) is 0 Å². The zero-order chi connectivity index (χ0) is 11.5. The van der Waals surface area contributed by atoms with Crippen molar-refractivity contribution in [1.82, 2.24) is 4.98 Å². The van der Waals surface area contributed by atoms with Gasteiger partial charge in [-0.2, -0.15) is 0 Å². The molecule has 0 saturated carbocycles. The maximum absolute atomic E-state index is 11.7. The van der Waals surface area contributed by atoms with Gasteiger partial charge in [0.1, 0.15) is 0 Å². The first-order valence-corrected chi connectivity index (χ1v) is 6.09. The van der Waals surface area contributed by atoms with Gasteiger partial charge in [-0.1, -0.05) is 19.1 Å². The fourth-order valence-electron chi connectivity index (χ4n) is 1.28. The van der Waals surface area contributed by atoms with Gasteiger partial charge in [0.2, 0.25) is 5.01 Å². The smallest absolute Gasteiger partial charge is 0.367 e. The van der Waals surface area contributed by atoms with Crippen LogP contribution in [0.4, 0.5) is 0 Å². The van der Waals surface area contributed by atoms with Gasteiger partial charge in [-0.3, -0.25) is 0 Å². The predicted molar refractivity (Wildman–Crippen MR) is 64.8 cm³/mol. The number of esters is 1. The Bertz CT molecular complexity index is 473. The first-order chi connectivity index (χ1) is 7.70. The molecule has 0 saturated heterocycles. The van der Waals surface area contributed by atoms with Gasteiger partial charge in [0.05, 0.1) is 16.3 Å².